The van der Waals surface area contributed by atoms with Gasteiger partial charge in [-0.1, -0.05) is 28.1 Å². The number of fused-ring (bicyclic) bond motifs is 1. The Morgan fingerprint density at radius 3 is 2.70 bits per heavy atom. The predicted molar refractivity (Wildman–Crippen MR) is 90.6 cm³/mol. The lowest BCUT2D eigenvalue weighted by atomic mass is 10.0. The number of hydrogen-bond acceptors (Lipinski definition) is 2. The predicted octanol–water partition coefficient (Wildman–Crippen LogP) is 4.18. The summed E-state index contributed by atoms with van der Waals surface area (Å²) in [5.74, 6) is 0. The molecule has 20 heavy (non-hydrogen) atoms. The molecule has 1 saturated heterocycles. The average Bonchev–Trinajstić information content (AvgIpc) is 2.59. The molecule has 1 aliphatic heterocycles. The molecule has 0 radical (unpaired) electrons. The van der Waals surface area contributed by atoms with Crippen LogP contribution >= 0.6 is 15.9 Å². The van der Waals surface area contributed by atoms with Crippen LogP contribution in [0.5, 0.6) is 0 Å². The fraction of sp³-hybridized carbons (Fsp3) is 0.412. The van der Waals surface area contributed by atoms with Gasteiger partial charge in [-0.3, -0.25) is 0 Å². The van der Waals surface area contributed by atoms with E-state index in [2.05, 4.69) is 76.4 Å². The summed E-state index contributed by atoms with van der Waals surface area (Å²) >= 11 is 3.53. The zero-order valence-electron chi connectivity index (χ0n) is 12.1. The van der Waals surface area contributed by atoms with Gasteiger partial charge in [0, 0.05) is 28.8 Å². The van der Waals surface area contributed by atoms with E-state index < -0.39 is 0 Å². The summed E-state index contributed by atoms with van der Waals surface area (Å²) in [6.07, 6.45) is 1.20. The summed E-state index contributed by atoms with van der Waals surface area (Å²) in [5, 5.41) is 6.21. The van der Waals surface area contributed by atoms with E-state index >= 15 is 0 Å². The molecule has 1 N–H and O–H groups in total. The van der Waals surface area contributed by atoms with Crippen molar-refractivity contribution in [3.63, 3.8) is 0 Å². The van der Waals surface area contributed by atoms with Crippen molar-refractivity contribution in [2.24, 2.45) is 0 Å². The normalized spacial score (nSPS) is 19.1. The van der Waals surface area contributed by atoms with E-state index in [4.69, 9.17) is 0 Å². The minimum Gasteiger partial charge on any atom is -0.370 e. The van der Waals surface area contributed by atoms with Crippen LogP contribution in [0.1, 0.15) is 20.3 Å². The first kappa shape index (κ1) is 13.9. The van der Waals surface area contributed by atoms with E-state index in [9.17, 15) is 0 Å². The molecule has 1 aliphatic rings. The fourth-order valence-corrected chi connectivity index (χ4v) is 3.31. The van der Waals surface area contributed by atoms with Gasteiger partial charge in [-0.05, 0) is 61.9 Å². The highest BCUT2D eigenvalue weighted by Gasteiger charge is 2.24. The molecule has 0 bridgehead atoms. The van der Waals surface area contributed by atoms with Crippen molar-refractivity contribution in [1.82, 2.24) is 5.32 Å². The smallest absolute Gasteiger partial charge is 0.0373 e. The van der Waals surface area contributed by atoms with Gasteiger partial charge in [0.05, 0.1) is 0 Å². The summed E-state index contributed by atoms with van der Waals surface area (Å²) in [6, 6.07) is 13.2. The Morgan fingerprint density at radius 2 is 1.85 bits per heavy atom. The van der Waals surface area contributed by atoms with Gasteiger partial charge >= 0.3 is 0 Å². The summed E-state index contributed by atoms with van der Waals surface area (Å²) in [7, 11) is 0. The molecule has 0 unspecified atom stereocenters. The van der Waals surface area contributed by atoms with Crippen LogP contribution in [-0.4, -0.2) is 25.2 Å². The summed E-state index contributed by atoms with van der Waals surface area (Å²) in [5.41, 5.74) is 1.50. The number of nitrogens with one attached hydrogen (secondary N) is 1. The maximum absolute atomic E-state index is 3.62. The van der Waals surface area contributed by atoms with E-state index in [1.165, 1.54) is 22.9 Å². The van der Waals surface area contributed by atoms with Gasteiger partial charge in [-0.25, -0.2) is 0 Å². The van der Waals surface area contributed by atoms with E-state index in [-0.39, 0.29) is 5.54 Å². The Hall–Kier alpha value is -1.06. The first-order valence-electron chi connectivity index (χ1n) is 7.23. The molecule has 2 aromatic rings. The van der Waals surface area contributed by atoms with Gasteiger partial charge in [0.1, 0.15) is 0 Å². The first-order chi connectivity index (χ1) is 9.53. The van der Waals surface area contributed by atoms with Crippen LogP contribution in [0.15, 0.2) is 40.9 Å². The number of hydrogen-bond donors (Lipinski definition) is 1. The third-order valence-corrected chi connectivity index (χ3v) is 4.44. The van der Waals surface area contributed by atoms with E-state index in [0.29, 0.717) is 0 Å². The zero-order chi connectivity index (χ0) is 14.2. The molecule has 1 fully saturated rings. The van der Waals surface area contributed by atoms with Gasteiger partial charge < -0.3 is 10.2 Å². The van der Waals surface area contributed by atoms with Crippen molar-refractivity contribution in [2.75, 3.05) is 24.5 Å². The molecule has 1 heterocycles. The SMILES string of the molecule is CC1(C)CN(c2ccc3cc(Br)ccc3c2)CCCN1. The van der Waals surface area contributed by atoms with Crippen LogP contribution in [0.25, 0.3) is 10.8 Å². The standard InChI is InChI=1S/C17H21BrN2/c1-17(2)12-20(9-3-8-19-17)16-7-5-13-10-15(18)6-4-14(13)11-16/h4-7,10-11,19H,3,8-9,12H2,1-2H3. The van der Waals surface area contributed by atoms with Gasteiger partial charge in [0.25, 0.3) is 0 Å². The maximum atomic E-state index is 3.62. The molecule has 2 nitrogen and oxygen atoms in total. The highest BCUT2D eigenvalue weighted by Crippen LogP contribution is 2.26. The Kier molecular flexibility index (Phi) is 3.74. The monoisotopic (exact) mass is 332 g/mol. The van der Waals surface area contributed by atoms with Crippen molar-refractivity contribution < 1.29 is 0 Å². The molecule has 106 valence electrons. The second kappa shape index (κ2) is 5.38. The average molecular weight is 333 g/mol. The first-order valence-corrected chi connectivity index (χ1v) is 8.02. The molecule has 3 rings (SSSR count). The lowest BCUT2D eigenvalue weighted by molar-refractivity contribution is 0.416. The van der Waals surface area contributed by atoms with E-state index in [1.54, 1.807) is 0 Å². The molecular weight excluding hydrogens is 312 g/mol. The molecular formula is C17H21BrN2. The number of rotatable bonds is 1. The van der Waals surface area contributed by atoms with Crippen molar-refractivity contribution in [3.05, 3.63) is 40.9 Å². The largest absolute Gasteiger partial charge is 0.370 e. The highest BCUT2D eigenvalue weighted by molar-refractivity contribution is 9.10. The molecule has 0 amide bonds. The van der Waals surface area contributed by atoms with Crippen molar-refractivity contribution in [2.45, 2.75) is 25.8 Å². The maximum Gasteiger partial charge on any atom is 0.0373 e. The molecule has 0 aromatic heterocycles. The Balaban J connectivity index is 1.94. The quantitative estimate of drug-likeness (QED) is 0.842. The number of benzene rings is 2. The van der Waals surface area contributed by atoms with E-state index in [1.807, 2.05) is 0 Å². The van der Waals surface area contributed by atoms with Gasteiger partial charge in [0.15, 0.2) is 0 Å². The van der Waals surface area contributed by atoms with Crippen LogP contribution in [0.4, 0.5) is 5.69 Å². The topological polar surface area (TPSA) is 15.3 Å². The van der Waals surface area contributed by atoms with Crippen molar-refractivity contribution >= 4 is 32.4 Å². The van der Waals surface area contributed by atoms with Gasteiger partial charge in [-0.2, -0.15) is 0 Å². The highest BCUT2D eigenvalue weighted by atomic mass is 79.9. The van der Waals surface area contributed by atoms with Crippen LogP contribution < -0.4 is 10.2 Å². The second-order valence-corrected chi connectivity index (χ2v) is 7.18. The van der Waals surface area contributed by atoms with Crippen LogP contribution in [0.3, 0.4) is 0 Å². The minimum atomic E-state index is 0.172. The molecule has 0 aliphatic carbocycles. The second-order valence-electron chi connectivity index (χ2n) is 6.26. The summed E-state index contributed by atoms with van der Waals surface area (Å²) in [4.78, 5) is 2.50. The lowest BCUT2D eigenvalue weighted by Crippen LogP contribution is -2.46. The minimum absolute atomic E-state index is 0.172. The van der Waals surface area contributed by atoms with Crippen molar-refractivity contribution in [1.29, 1.82) is 0 Å². The molecule has 0 saturated carbocycles. The number of anilines is 1. The molecule has 0 spiro atoms. The van der Waals surface area contributed by atoms with Gasteiger partial charge in [-0.15, -0.1) is 0 Å². The Labute approximate surface area is 129 Å². The Morgan fingerprint density at radius 1 is 1.10 bits per heavy atom. The third kappa shape index (κ3) is 2.99. The summed E-state index contributed by atoms with van der Waals surface area (Å²) in [6.45, 7) is 7.84. The summed E-state index contributed by atoms with van der Waals surface area (Å²) < 4.78 is 1.14. The molecule has 2 aromatic carbocycles. The molecule has 0 atom stereocenters. The molecule has 3 heteroatoms. The van der Waals surface area contributed by atoms with Crippen molar-refractivity contribution in [3.8, 4) is 0 Å². The lowest BCUT2D eigenvalue weighted by Gasteiger charge is -2.31. The third-order valence-electron chi connectivity index (χ3n) is 3.95. The fourth-order valence-electron chi connectivity index (χ4n) is 2.93. The van der Waals surface area contributed by atoms with Gasteiger partial charge in [0.2, 0.25) is 0 Å². The van der Waals surface area contributed by atoms with Crippen LogP contribution in [0.2, 0.25) is 0 Å². The number of nitrogens with zero attached hydrogens (tertiary/aromatic N) is 1. The van der Waals surface area contributed by atoms with Crippen LogP contribution in [-0.2, 0) is 0 Å². The Bertz CT molecular complexity index is 621. The number of halogens is 1. The van der Waals surface area contributed by atoms with Crippen LogP contribution in [0, 0.1) is 0 Å². The van der Waals surface area contributed by atoms with E-state index in [0.717, 1.165) is 24.1 Å². The zero-order valence-corrected chi connectivity index (χ0v) is 13.7.